The summed E-state index contributed by atoms with van der Waals surface area (Å²) in [4.78, 5) is 16.4. The zero-order chi connectivity index (χ0) is 15.7. The van der Waals surface area contributed by atoms with E-state index in [4.69, 9.17) is 0 Å². The Morgan fingerprint density at radius 1 is 1.27 bits per heavy atom. The van der Waals surface area contributed by atoms with Crippen LogP contribution in [0.1, 0.15) is 45.4 Å². The van der Waals surface area contributed by atoms with Crippen molar-refractivity contribution < 1.29 is 18.0 Å². The second-order valence-corrected chi connectivity index (χ2v) is 6.10. The summed E-state index contributed by atoms with van der Waals surface area (Å²) in [5, 5.41) is 5.67. The summed E-state index contributed by atoms with van der Waals surface area (Å²) in [6.45, 7) is 0.281. The monoisotopic (exact) mass is 326 g/mol. The summed E-state index contributed by atoms with van der Waals surface area (Å²) in [7, 11) is 0. The van der Waals surface area contributed by atoms with E-state index in [2.05, 4.69) is 10.3 Å². The fourth-order valence-corrected chi connectivity index (χ4v) is 3.00. The van der Waals surface area contributed by atoms with Gasteiger partial charge >= 0.3 is 6.18 Å². The minimum Gasteiger partial charge on any atom is -0.346 e. The van der Waals surface area contributed by atoms with Gasteiger partial charge in [-0.3, -0.25) is 4.79 Å². The van der Waals surface area contributed by atoms with Gasteiger partial charge in [-0.05, 0) is 37.1 Å². The van der Waals surface area contributed by atoms with Gasteiger partial charge in [0.25, 0.3) is 5.91 Å². The predicted molar refractivity (Wildman–Crippen MR) is 76.7 cm³/mol. The molecule has 1 N–H and O–H groups in total. The number of alkyl halides is 3. The highest BCUT2D eigenvalue weighted by atomic mass is 32.1. The lowest BCUT2D eigenvalue weighted by atomic mass is 10.1. The maximum absolute atomic E-state index is 12.5. The number of nitrogens with one attached hydrogen (secondary N) is 1. The van der Waals surface area contributed by atoms with E-state index in [9.17, 15) is 18.0 Å². The lowest BCUT2D eigenvalue weighted by molar-refractivity contribution is -0.137. The van der Waals surface area contributed by atoms with Crippen LogP contribution in [0.3, 0.4) is 0 Å². The van der Waals surface area contributed by atoms with E-state index < -0.39 is 17.6 Å². The smallest absolute Gasteiger partial charge is 0.346 e. The number of halogens is 3. The molecule has 3 rings (SSSR count). The van der Waals surface area contributed by atoms with Crippen LogP contribution in [0.2, 0.25) is 0 Å². The van der Waals surface area contributed by atoms with Gasteiger partial charge in [-0.15, -0.1) is 11.3 Å². The number of hydrogen-bond acceptors (Lipinski definition) is 3. The molecule has 1 heterocycles. The van der Waals surface area contributed by atoms with Crippen LogP contribution < -0.4 is 5.32 Å². The molecule has 7 heteroatoms. The van der Waals surface area contributed by atoms with Crippen molar-refractivity contribution in [3.8, 4) is 0 Å². The van der Waals surface area contributed by atoms with Crippen molar-refractivity contribution in [2.75, 3.05) is 0 Å². The van der Waals surface area contributed by atoms with Crippen molar-refractivity contribution in [3.05, 3.63) is 51.5 Å². The van der Waals surface area contributed by atoms with Crippen molar-refractivity contribution in [3.63, 3.8) is 0 Å². The number of thiazole rings is 1. The molecule has 1 aliphatic rings. The van der Waals surface area contributed by atoms with E-state index in [0.29, 0.717) is 5.92 Å². The number of carbonyl (C=O) groups excluding carboxylic acids is 1. The van der Waals surface area contributed by atoms with Crippen molar-refractivity contribution in [2.45, 2.75) is 31.5 Å². The van der Waals surface area contributed by atoms with Gasteiger partial charge < -0.3 is 5.32 Å². The molecule has 1 aromatic carbocycles. The Balaban J connectivity index is 1.59. The number of hydrogen-bond donors (Lipinski definition) is 1. The maximum Gasteiger partial charge on any atom is 0.416 e. The molecule has 116 valence electrons. The third-order valence-corrected chi connectivity index (χ3v) is 4.46. The van der Waals surface area contributed by atoms with Gasteiger partial charge in [0.1, 0.15) is 0 Å². The molecule has 0 aliphatic heterocycles. The SMILES string of the molecule is O=C(NCc1csc(C2CC2)n1)c1ccc(C(F)(F)F)cc1. The number of carbonyl (C=O) groups is 1. The fourth-order valence-electron chi connectivity index (χ4n) is 2.01. The quantitative estimate of drug-likeness (QED) is 0.924. The molecule has 0 atom stereocenters. The normalized spacial score (nSPS) is 14.9. The van der Waals surface area contributed by atoms with Crippen LogP contribution in [-0.2, 0) is 12.7 Å². The molecule has 1 amide bonds. The van der Waals surface area contributed by atoms with Crippen LogP contribution in [0.25, 0.3) is 0 Å². The second kappa shape index (κ2) is 5.72. The van der Waals surface area contributed by atoms with E-state index >= 15 is 0 Å². The highest BCUT2D eigenvalue weighted by molar-refractivity contribution is 7.09. The Hall–Kier alpha value is -1.89. The molecule has 0 spiro atoms. The summed E-state index contributed by atoms with van der Waals surface area (Å²) in [6.07, 6.45) is -2.05. The average molecular weight is 326 g/mol. The van der Waals surface area contributed by atoms with Crippen molar-refractivity contribution in [1.29, 1.82) is 0 Å². The van der Waals surface area contributed by atoms with E-state index in [-0.39, 0.29) is 12.1 Å². The Labute approximate surface area is 129 Å². The first kappa shape index (κ1) is 15.0. The van der Waals surface area contributed by atoms with Crippen molar-refractivity contribution >= 4 is 17.2 Å². The highest BCUT2D eigenvalue weighted by Crippen LogP contribution is 2.41. The summed E-state index contributed by atoms with van der Waals surface area (Å²) < 4.78 is 37.4. The predicted octanol–water partition coefficient (Wildman–Crippen LogP) is 3.97. The van der Waals surface area contributed by atoms with Crippen LogP contribution in [0, 0.1) is 0 Å². The standard InChI is InChI=1S/C15H13F3N2OS/c16-15(17,18)11-5-3-9(4-6-11)13(21)19-7-12-8-22-14(20-12)10-1-2-10/h3-6,8,10H,1-2,7H2,(H,19,21). The van der Waals surface area contributed by atoms with Crippen LogP contribution in [0.5, 0.6) is 0 Å². The Kier molecular flexibility index (Phi) is 3.90. The van der Waals surface area contributed by atoms with Gasteiger partial charge in [0.2, 0.25) is 0 Å². The van der Waals surface area contributed by atoms with E-state index in [1.807, 2.05) is 5.38 Å². The van der Waals surface area contributed by atoms with Gasteiger partial charge in [-0.1, -0.05) is 0 Å². The number of aromatic nitrogens is 1. The molecule has 1 aromatic heterocycles. The Bertz CT molecular complexity index is 675. The lowest BCUT2D eigenvalue weighted by Crippen LogP contribution is -2.23. The van der Waals surface area contributed by atoms with Gasteiger partial charge in [-0.25, -0.2) is 4.98 Å². The maximum atomic E-state index is 12.5. The molecule has 1 fully saturated rings. The minimum absolute atomic E-state index is 0.200. The Morgan fingerprint density at radius 2 is 1.95 bits per heavy atom. The third-order valence-electron chi connectivity index (χ3n) is 3.40. The van der Waals surface area contributed by atoms with Crippen LogP contribution in [0.4, 0.5) is 13.2 Å². The summed E-state index contributed by atoms with van der Waals surface area (Å²) in [5.74, 6) is 0.166. The molecular weight excluding hydrogens is 313 g/mol. The Morgan fingerprint density at radius 3 is 2.55 bits per heavy atom. The number of benzene rings is 1. The van der Waals surface area contributed by atoms with Crippen LogP contribution in [-0.4, -0.2) is 10.9 Å². The van der Waals surface area contributed by atoms with Crippen molar-refractivity contribution in [2.24, 2.45) is 0 Å². The summed E-state index contributed by atoms with van der Waals surface area (Å²) >= 11 is 1.58. The first-order chi connectivity index (χ1) is 10.4. The van der Waals surface area contributed by atoms with Crippen molar-refractivity contribution in [1.82, 2.24) is 10.3 Å². The first-order valence-corrected chi connectivity index (χ1v) is 7.71. The third kappa shape index (κ3) is 3.47. The van der Waals surface area contributed by atoms with E-state index in [1.165, 1.54) is 25.0 Å². The largest absolute Gasteiger partial charge is 0.416 e. The molecule has 1 saturated carbocycles. The summed E-state index contributed by atoms with van der Waals surface area (Å²) in [6, 6.07) is 4.16. The molecule has 3 nitrogen and oxygen atoms in total. The second-order valence-electron chi connectivity index (χ2n) is 5.21. The van der Waals surface area contributed by atoms with E-state index in [1.54, 1.807) is 11.3 Å². The number of amides is 1. The van der Waals surface area contributed by atoms with Gasteiger partial charge in [0, 0.05) is 16.9 Å². The molecular formula is C15H13F3N2OS. The zero-order valence-corrected chi connectivity index (χ0v) is 12.3. The van der Waals surface area contributed by atoms with Gasteiger partial charge in [0.15, 0.2) is 0 Å². The molecule has 2 aromatic rings. The molecule has 0 bridgehead atoms. The summed E-state index contributed by atoms with van der Waals surface area (Å²) in [5.41, 5.74) is 0.218. The average Bonchev–Trinajstić information content (AvgIpc) is 3.23. The zero-order valence-electron chi connectivity index (χ0n) is 11.5. The first-order valence-electron chi connectivity index (χ1n) is 6.83. The molecule has 1 aliphatic carbocycles. The number of nitrogens with zero attached hydrogens (tertiary/aromatic N) is 1. The molecule has 0 saturated heterocycles. The lowest BCUT2D eigenvalue weighted by Gasteiger charge is -2.07. The molecule has 0 unspecified atom stereocenters. The molecule has 22 heavy (non-hydrogen) atoms. The van der Waals surface area contributed by atoms with Gasteiger partial charge in [-0.2, -0.15) is 13.2 Å². The topological polar surface area (TPSA) is 42.0 Å². The van der Waals surface area contributed by atoms with Crippen LogP contribution >= 0.6 is 11.3 Å². The number of rotatable bonds is 4. The van der Waals surface area contributed by atoms with Gasteiger partial charge in [0.05, 0.1) is 22.8 Å². The molecule has 0 radical (unpaired) electrons. The van der Waals surface area contributed by atoms with E-state index in [0.717, 1.165) is 22.8 Å². The fraction of sp³-hybridized carbons (Fsp3) is 0.333. The van der Waals surface area contributed by atoms with Crippen LogP contribution in [0.15, 0.2) is 29.6 Å². The minimum atomic E-state index is -4.39. The highest BCUT2D eigenvalue weighted by Gasteiger charge is 2.30.